The molecule has 1 aliphatic heterocycles. The van der Waals surface area contributed by atoms with Crippen LogP contribution in [0.4, 0.5) is 5.82 Å². The number of nitrogens with zero attached hydrogens (tertiary/aromatic N) is 1. The van der Waals surface area contributed by atoms with E-state index in [2.05, 4.69) is 43.2 Å². The molecule has 2 aromatic rings. The minimum atomic E-state index is -0.450. The lowest BCUT2D eigenvalue weighted by Crippen LogP contribution is -2.35. The highest BCUT2D eigenvalue weighted by Gasteiger charge is 2.51. The maximum atomic E-state index is 12.7. The van der Waals surface area contributed by atoms with Crippen LogP contribution in [0.5, 0.6) is 0 Å². The number of hydrogen-bond donors (Lipinski definition) is 1. The Kier molecular flexibility index (Phi) is 2.71. The van der Waals surface area contributed by atoms with Crippen molar-refractivity contribution < 1.29 is 4.79 Å². The predicted molar refractivity (Wildman–Crippen MR) is 87.2 cm³/mol. The summed E-state index contributed by atoms with van der Waals surface area (Å²) in [5.41, 5.74) is 5.96. The first-order chi connectivity index (χ1) is 10.5. The summed E-state index contributed by atoms with van der Waals surface area (Å²) in [5.74, 6) is 1.34. The van der Waals surface area contributed by atoms with Gasteiger partial charge in [0.25, 0.3) is 0 Å². The van der Waals surface area contributed by atoms with Crippen LogP contribution in [0.15, 0.2) is 30.5 Å². The van der Waals surface area contributed by atoms with Crippen molar-refractivity contribution in [3.8, 4) is 0 Å². The fourth-order valence-corrected chi connectivity index (χ4v) is 4.09. The molecule has 3 nitrogen and oxygen atoms in total. The molecule has 0 saturated heterocycles. The largest absolute Gasteiger partial charge is 0.310 e. The Labute approximate surface area is 130 Å². The van der Waals surface area contributed by atoms with Crippen LogP contribution in [-0.4, -0.2) is 10.9 Å². The molecule has 0 saturated carbocycles. The van der Waals surface area contributed by atoms with Crippen molar-refractivity contribution in [2.24, 2.45) is 0 Å². The SMILES string of the molecule is Cc1cc2c(cc1C(C)C)C[C@@]1(C2)C(=O)Nc2ncccc21. The van der Waals surface area contributed by atoms with Crippen molar-refractivity contribution in [3.05, 3.63) is 58.3 Å². The first-order valence-electron chi connectivity index (χ1n) is 7.90. The number of amides is 1. The van der Waals surface area contributed by atoms with E-state index in [1.807, 2.05) is 12.1 Å². The fraction of sp³-hybridized carbons (Fsp3) is 0.368. The van der Waals surface area contributed by atoms with Crippen LogP contribution >= 0.6 is 0 Å². The Hall–Kier alpha value is -2.16. The highest BCUT2D eigenvalue weighted by Crippen LogP contribution is 2.47. The Morgan fingerprint density at radius 3 is 2.68 bits per heavy atom. The standard InChI is InChI=1S/C19H20N2O/c1-11(2)15-8-14-10-19(9-13(14)7-12(15)3)16-5-4-6-20-17(16)21-18(19)22/h4-8,11H,9-10H2,1-3H3,(H,20,21,22)/t19-/m1/s1. The summed E-state index contributed by atoms with van der Waals surface area (Å²) in [7, 11) is 0. The highest BCUT2D eigenvalue weighted by atomic mass is 16.2. The second-order valence-corrected chi connectivity index (χ2v) is 6.92. The molecule has 1 amide bonds. The summed E-state index contributed by atoms with van der Waals surface area (Å²) in [5, 5.41) is 2.97. The summed E-state index contributed by atoms with van der Waals surface area (Å²) in [6.45, 7) is 6.62. The van der Waals surface area contributed by atoms with Crippen LogP contribution < -0.4 is 5.32 Å². The molecule has 1 aliphatic carbocycles. The van der Waals surface area contributed by atoms with Gasteiger partial charge < -0.3 is 5.32 Å². The highest BCUT2D eigenvalue weighted by molar-refractivity contribution is 6.06. The van der Waals surface area contributed by atoms with E-state index in [-0.39, 0.29) is 5.91 Å². The zero-order valence-corrected chi connectivity index (χ0v) is 13.2. The molecule has 3 heteroatoms. The third-order valence-electron chi connectivity index (χ3n) is 5.18. The summed E-state index contributed by atoms with van der Waals surface area (Å²) in [6, 6.07) is 8.56. The number of rotatable bonds is 1. The van der Waals surface area contributed by atoms with Gasteiger partial charge in [0.05, 0.1) is 5.41 Å². The maximum Gasteiger partial charge on any atom is 0.237 e. The average molecular weight is 292 g/mol. The van der Waals surface area contributed by atoms with Crippen LogP contribution in [0.1, 0.15) is 47.6 Å². The fourth-order valence-electron chi connectivity index (χ4n) is 4.09. The number of hydrogen-bond acceptors (Lipinski definition) is 2. The van der Waals surface area contributed by atoms with Crippen LogP contribution in [0.25, 0.3) is 0 Å². The predicted octanol–water partition coefficient (Wildman–Crippen LogP) is 3.50. The van der Waals surface area contributed by atoms with Crippen LogP contribution in [-0.2, 0) is 23.1 Å². The molecule has 1 N–H and O–H groups in total. The van der Waals surface area contributed by atoms with E-state index < -0.39 is 5.41 Å². The molecule has 0 unspecified atom stereocenters. The van der Waals surface area contributed by atoms with E-state index in [1.54, 1.807) is 6.20 Å². The topological polar surface area (TPSA) is 42.0 Å². The van der Waals surface area contributed by atoms with Gasteiger partial charge in [-0.2, -0.15) is 0 Å². The summed E-state index contributed by atoms with van der Waals surface area (Å²) < 4.78 is 0. The molecular formula is C19H20N2O. The zero-order valence-electron chi connectivity index (χ0n) is 13.2. The third kappa shape index (κ3) is 1.68. The number of anilines is 1. The third-order valence-corrected chi connectivity index (χ3v) is 5.18. The van der Waals surface area contributed by atoms with Crippen molar-refractivity contribution in [2.75, 3.05) is 5.32 Å². The van der Waals surface area contributed by atoms with Gasteiger partial charge in [-0.3, -0.25) is 4.79 Å². The monoisotopic (exact) mass is 292 g/mol. The molecule has 0 bridgehead atoms. The van der Waals surface area contributed by atoms with Crippen LogP contribution in [0, 0.1) is 6.92 Å². The van der Waals surface area contributed by atoms with Crippen LogP contribution in [0.2, 0.25) is 0 Å². The minimum Gasteiger partial charge on any atom is -0.310 e. The quantitative estimate of drug-likeness (QED) is 0.874. The second kappa shape index (κ2) is 4.42. The van der Waals surface area contributed by atoms with Crippen molar-refractivity contribution in [3.63, 3.8) is 0 Å². The number of carbonyl (C=O) groups excluding carboxylic acids is 1. The minimum absolute atomic E-state index is 0.0983. The number of nitrogens with one attached hydrogen (secondary N) is 1. The van der Waals surface area contributed by atoms with E-state index in [9.17, 15) is 4.79 Å². The van der Waals surface area contributed by atoms with Gasteiger partial charge in [-0.1, -0.05) is 32.0 Å². The molecule has 1 aromatic carbocycles. The summed E-state index contributed by atoms with van der Waals surface area (Å²) in [6.07, 6.45) is 3.31. The van der Waals surface area contributed by atoms with E-state index >= 15 is 0 Å². The smallest absolute Gasteiger partial charge is 0.237 e. The number of fused-ring (bicyclic) bond motifs is 3. The van der Waals surface area contributed by atoms with Crippen LogP contribution in [0.3, 0.4) is 0 Å². The van der Waals surface area contributed by atoms with Gasteiger partial charge in [-0.15, -0.1) is 0 Å². The number of benzene rings is 1. The van der Waals surface area contributed by atoms with Gasteiger partial charge in [0.15, 0.2) is 0 Å². The lowest BCUT2D eigenvalue weighted by molar-refractivity contribution is -0.120. The first kappa shape index (κ1) is 13.5. The molecule has 4 rings (SSSR count). The molecule has 22 heavy (non-hydrogen) atoms. The molecule has 2 aliphatic rings. The van der Waals surface area contributed by atoms with E-state index in [1.165, 1.54) is 22.3 Å². The molecule has 0 fully saturated rings. The van der Waals surface area contributed by atoms with Gasteiger partial charge in [0, 0.05) is 11.8 Å². The Bertz CT molecular complexity index is 794. The lowest BCUT2D eigenvalue weighted by Gasteiger charge is -2.20. The Morgan fingerprint density at radius 1 is 1.23 bits per heavy atom. The normalized spacial score (nSPS) is 22.1. The van der Waals surface area contributed by atoms with E-state index in [0.29, 0.717) is 5.92 Å². The molecule has 1 aromatic heterocycles. The van der Waals surface area contributed by atoms with Crippen molar-refractivity contribution in [2.45, 2.75) is 44.9 Å². The van der Waals surface area contributed by atoms with Crippen molar-refractivity contribution >= 4 is 11.7 Å². The zero-order chi connectivity index (χ0) is 15.5. The number of pyridine rings is 1. The Morgan fingerprint density at radius 2 is 1.95 bits per heavy atom. The van der Waals surface area contributed by atoms with Gasteiger partial charge in [-0.05, 0) is 54.0 Å². The van der Waals surface area contributed by atoms with Gasteiger partial charge in [0.2, 0.25) is 5.91 Å². The molecule has 1 atom stereocenters. The van der Waals surface area contributed by atoms with Crippen molar-refractivity contribution in [1.82, 2.24) is 4.98 Å². The van der Waals surface area contributed by atoms with Gasteiger partial charge in [0.1, 0.15) is 5.82 Å². The number of aromatic nitrogens is 1. The molecule has 2 heterocycles. The maximum absolute atomic E-state index is 12.7. The summed E-state index contributed by atoms with van der Waals surface area (Å²) in [4.78, 5) is 17.0. The molecule has 112 valence electrons. The first-order valence-corrected chi connectivity index (χ1v) is 7.90. The lowest BCUT2D eigenvalue weighted by atomic mass is 9.79. The molecular weight excluding hydrogens is 272 g/mol. The van der Waals surface area contributed by atoms with Gasteiger partial charge >= 0.3 is 0 Å². The average Bonchev–Trinajstić information content (AvgIpc) is 2.97. The summed E-state index contributed by atoms with van der Waals surface area (Å²) >= 11 is 0. The van der Waals surface area contributed by atoms with Gasteiger partial charge in [-0.25, -0.2) is 4.98 Å². The van der Waals surface area contributed by atoms with E-state index in [0.717, 1.165) is 24.2 Å². The Balaban J connectivity index is 1.84. The number of carbonyl (C=O) groups is 1. The molecule has 1 spiro atoms. The second-order valence-electron chi connectivity index (χ2n) is 6.92. The molecule has 0 radical (unpaired) electrons. The number of aryl methyl sites for hydroxylation is 1. The van der Waals surface area contributed by atoms with Crippen molar-refractivity contribution in [1.29, 1.82) is 0 Å². The van der Waals surface area contributed by atoms with E-state index in [4.69, 9.17) is 0 Å².